The van der Waals surface area contributed by atoms with Crippen molar-refractivity contribution in [1.82, 2.24) is 5.32 Å². The maximum atomic E-state index is 12.3. The van der Waals surface area contributed by atoms with Crippen LogP contribution in [0.4, 0.5) is 5.69 Å². The number of carbonyl (C=O) groups is 1. The fourth-order valence-electron chi connectivity index (χ4n) is 3.43. The summed E-state index contributed by atoms with van der Waals surface area (Å²) in [6.07, 6.45) is 7.67. The van der Waals surface area contributed by atoms with Crippen molar-refractivity contribution >= 4 is 11.6 Å². The van der Waals surface area contributed by atoms with Gasteiger partial charge in [0.2, 0.25) is 5.91 Å². The van der Waals surface area contributed by atoms with Gasteiger partial charge in [0.1, 0.15) is 0 Å². The Labute approximate surface area is 146 Å². The molecule has 1 saturated carbocycles. The smallest absolute Gasteiger partial charge is 0.225 e. The molecule has 0 radical (unpaired) electrons. The minimum atomic E-state index is -0.601. The molecule has 1 aliphatic carbocycles. The Morgan fingerprint density at radius 3 is 2.54 bits per heavy atom. The standard InChI is InChI=1S/C20H32N2O2/c1-3-17-10-6-7-11-18(17)22-19(23)14-16(2)21-15-20(24)12-8-4-5-9-13-20/h6-7,10-11,16,21,24H,3-5,8-9,12-15H2,1-2H3,(H,22,23). The number of hydrogen-bond donors (Lipinski definition) is 3. The zero-order valence-corrected chi connectivity index (χ0v) is 15.1. The Kier molecular flexibility index (Phi) is 7.25. The molecule has 4 nitrogen and oxygen atoms in total. The molecule has 0 saturated heterocycles. The number of para-hydroxylation sites is 1. The third-order valence-electron chi connectivity index (χ3n) is 4.98. The molecule has 4 heteroatoms. The van der Waals surface area contributed by atoms with E-state index in [0.717, 1.165) is 43.4 Å². The van der Waals surface area contributed by atoms with Crippen LogP contribution in [-0.4, -0.2) is 29.2 Å². The molecule has 2 rings (SSSR count). The third kappa shape index (κ3) is 5.91. The van der Waals surface area contributed by atoms with Gasteiger partial charge in [-0.15, -0.1) is 0 Å². The molecule has 1 aliphatic rings. The highest BCUT2D eigenvalue weighted by Crippen LogP contribution is 2.26. The summed E-state index contributed by atoms with van der Waals surface area (Å²) in [4.78, 5) is 12.3. The molecule has 0 aliphatic heterocycles. The number of amides is 1. The van der Waals surface area contributed by atoms with Crippen LogP contribution >= 0.6 is 0 Å². The molecular weight excluding hydrogens is 300 g/mol. The normalized spacial score (nSPS) is 18.6. The Morgan fingerprint density at radius 1 is 1.21 bits per heavy atom. The van der Waals surface area contributed by atoms with Gasteiger partial charge in [0.25, 0.3) is 0 Å². The average Bonchev–Trinajstić information content (AvgIpc) is 2.78. The van der Waals surface area contributed by atoms with E-state index in [0.29, 0.717) is 13.0 Å². The van der Waals surface area contributed by atoms with Crippen LogP contribution in [0.5, 0.6) is 0 Å². The van der Waals surface area contributed by atoms with E-state index in [9.17, 15) is 9.90 Å². The second-order valence-corrected chi connectivity index (χ2v) is 7.18. The molecule has 0 heterocycles. The second kappa shape index (κ2) is 9.19. The summed E-state index contributed by atoms with van der Waals surface area (Å²) in [7, 11) is 0. The molecule has 0 aromatic heterocycles. The first-order valence-corrected chi connectivity index (χ1v) is 9.36. The van der Waals surface area contributed by atoms with Crippen LogP contribution in [0, 0.1) is 0 Å². The first kappa shape index (κ1) is 18.9. The first-order valence-electron chi connectivity index (χ1n) is 9.36. The number of aryl methyl sites for hydroxylation is 1. The van der Waals surface area contributed by atoms with Crippen molar-refractivity contribution in [2.24, 2.45) is 0 Å². The van der Waals surface area contributed by atoms with Crippen LogP contribution in [0.15, 0.2) is 24.3 Å². The topological polar surface area (TPSA) is 61.4 Å². The van der Waals surface area contributed by atoms with Crippen LogP contribution in [0.25, 0.3) is 0 Å². The van der Waals surface area contributed by atoms with Crippen molar-refractivity contribution in [2.75, 3.05) is 11.9 Å². The average molecular weight is 332 g/mol. The number of anilines is 1. The van der Waals surface area contributed by atoms with Crippen molar-refractivity contribution in [3.05, 3.63) is 29.8 Å². The number of nitrogens with one attached hydrogen (secondary N) is 2. The van der Waals surface area contributed by atoms with E-state index in [2.05, 4.69) is 17.6 Å². The Morgan fingerprint density at radius 2 is 1.88 bits per heavy atom. The van der Waals surface area contributed by atoms with E-state index < -0.39 is 5.60 Å². The van der Waals surface area contributed by atoms with Crippen LogP contribution in [0.2, 0.25) is 0 Å². The van der Waals surface area contributed by atoms with E-state index in [1.54, 1.807) is 0 Å². The van der Waals surface area contributed by atoms with Gasteiger partial charge >= 0.3 is 0 Å². The van der Waals surface area contributed by atoms with Crippen molar-refractivity contribution in [3.63, 3.8) is 0 Å². The number of rotatable bonds is 7. The van der Waals surface area contributed by atoms with Gasteiger partial charge in [-0.2, -0.15) is 0 Å². The maximum Gasteiger partial charge on any atom is 0.225 e. The van der Waals surface area contributed by atoms with E-state index in [4.69, 9.17) is 0 Å². The molecule has 1 fully saturated rings. The van der Waals surface area contributed by atoms with Crippen LogP contribution in [-0.2, 0) is 11.2 Å². The lowest BCUT2D eigenvalue weighted by molar-refractivity contribution is -0.116. The molecule has 1 unspecified atom stereocenters. The minimum Gasteiger partial charge on any atom is -0.389 e. The molecule has 1 aromatic carbocycles. The largest absolute Gasteiger partial charge is 0.389 e. The van der Waals surface area contributed by atoms with Crippen molar-refractivity contribution in [1.29, 1.82) is 0 Å². The summed E-state index contributed by atoms with van der Waals surface area (Å²) >= 11 is 0. The first-order chi connectivity index (χ1) is 11.5. The number of hydrogen-bond acceptors (Lipinski definition) is 3. The lowest BCUT2D eigenvalue weighted by Gasteiger charge is -2.28. The van der Waals surface area contributed by atoms with Gasteiger partial charge < -0.3 is 15.7 Å². The molecule has 0 spiro atoms. The van der Waals surface area contributed by atoms with Crippen LogP contribution < -0.4 is 10.6 Å². The molecule has 0 bridgehead atoms. The fraction of sp³-hybridized carbons (Fsp3) is 0.650. The third-order valence-corrected chi connectivity index (χ3v) is 4.98. The lowest BCUT2D eigenvalue weighted by Crippen LogP contribution is -2.44. The Hall–Kier alpha value is -1.39. The monoisotopic (exact) mass is 332 g/mol. The molecule has 1 aromatic rings. The van der Waals surface area contributed by atoms with Crippen molar-refractivity contribution < 1.29 is 9.90 Å². The minimum absolute atomic E-state index is 0.0174. The van der Waals surface area contributed by atoms with Gasteiger partial charge in [-0.1, -0.05) is 50.8 Å². The summed E-state index contributed by atoms with van der Waals surface area (Å²) in [6.45, 7) is 4.67. The van der Waals surface area contributed by atoms with Crippen LogP contribution in [0.3, 0.4) is 0 Å². The van der Waals surface area contributed by atoms with Gasteiger partial charge in [-0.3, -0.25) is 4.79 Å². The zero-order chi connectivity index (χ0) is 17.4. The van der Waals surface area contributed by atoms with Gasteiger partial charge in [-0.05, 0) is 37.8 Å². The lowest BCUT2D eigenvalue weighted by atomic mass is 9.94. The zero-order valence-electron chi connectivity index (χ0n) is 15.1. The predicted octanol–water partition coefficient (Wildman–Crippen LogP) is 3.64. The Bertz CT molecular complexity index is 522. The summed E-state index contributed by atoms with van der Waals surface area (Å²) in [5, 5.41) is 17.0. The quantitative estimate of drug-likeness (QED) is 0.668. The van der Waals surface area contributed by atoms with E-state index in [1.807, 2.05) is 31.2 Å². The molecule has 1 amide bonds. The highest BCUT2D eigenvalue weighted by Gasteiger charge is 2.28. The molecule has 3 N–H and O–H groups in total. The SMILES string of the molecule is CCc1ccccc1NC(=O)CC(C)NCC1(O)CCCCCC1. The predicted molar refractivity (Wildman–Crippen MR) is 99.2 cm³/mol. The van der Waals surface area contributed by atoms with Crippen molar-refractivity contribution in [3.8, 4) is 0 Å². The van der Waals surface area contributed by atoms with Gasteiger partial charge in [0, 0.05) is 24.7 Å². The van der Waals surface area contributed by atoms with E-state index in [1.165, 1.54) is 12.8 Å². The molecule has 1 atom stereocenters. The maximum absolute atomic E-state index is 12.3. The fourth-order valence-corrected chi connectivity index (χ4v) is 3.43. The van der Waals surface area contributed by atoms with Crippen LogP contribution in [0.1, 0.15) is 64.4 Å². The van der Waals surface area contributed by atoms with Gasteiger partial charge in [0.15, 0.2) is 0 Å². The number of carbonyl (C=O) groups excluding carboxylic acids is 1. The van der Waals surface area contributed by atoms with Crippen molar-refractivity contribution in [2.45, 2.75) is 76.9 Å². The Balaban J connectivity index is 1.79. The molecule has 24 heavy (non-hydrogen) atoms. The number of benzene rings is 1. The molecular formula is C20H32N2O2. The van der Waals surface area contributed by atoms with Gasteiger partial charge in [0.05, 0.1) is 5.60 Å². The molecule has 134 valence electrons. The highest BCUT2D eigenvalue weighted by molar-refractivity contribution is 5.91. The summed E-state index contributed by atoms with van der Waals surface area (Å²) in [6, 6.07) is 7.97. The summed E-state index contributed by atoms with van der Waals surface area (Å²) in [5.41, 5.74) is 1.45. The highest BCUT2D eigenvalue weighted by atomic mass is 16.3. The van der Waals surface area contributed by atoms with Gasteiger partial charge in [-0.25, -0.2) is 0 Å². The number of aliphatic hydroxyl groups is 1. The summed E-state index contributed by atoms with van der Waals surface area (Å²) in [5.74, 6) is 0.0174. The van der Waals surface area contributed by atoms with E-state index >= 15 is 0 Å². The summed E-state index contributed by atoms with van der Waals surface area (Å²) < 4.78 is 0. The second-order valence-electron chi connectivity index (χ2n) is 7.18. The van der Waals surface area contributed by atoms with E-state index in [-0.39, 0.29) is 11.9 Å².